The lowest BCUT2D eigenvalue weighted by molar-refractivity contribution is 0.600. The van der Waals surface area contributed by atoms with Crippen LogP contribution in [-0.2, 0) is 22.3 Å². The van der Waals surface area contributed by atoms with Crippen molar-refractivity contribution < 1.29 is 8.42 Å². The van der Waals surface area contributed by atoms with E-state index in [-0.39, 0.29) is 5.75 Å². The Balaban J connectivity index is 2.18. The summed E-state index contributed by atoms with van der Waals surface area (Å²) in [5, 5.41) is 0. The number of nitrogens with two attached hydrogens (primary N) is 1. The van der Waals surface area contributed by atoms with Crippen molar-refractivity contribution in [2.45, 2.75) is 26.1 Å². The normalized spacial score (nSPS) is 11.4. The number of hydrogen-bond donors (Lipinski definition) is 2. The van der Waals surface area contributed by atoms with Crippen LogP contribution in [0.1, 0.15) is 22.3 Å². The minimum atomic E-state index is -3.44. The molecule has 2 rings (SSSR count). The molecule has 0 heterocycles. The Hall–Kier alpha value is -1.85. The van der Waals surface area contributed by atoms with Gasteiger partial charge in [0.2, 0.25) is 10.0 Å². The topological polar surface area (TPSA) is 72.2 Å². The van der Waals surface area contributed by atoms with Crippen LogP contribution in [0.5, 0.6) is 0 Å². The maximum Gasteiger partial charge on any atom is 0.236 e. The van der Waals surface area contributed by atoms with Crippen molar-refractivity contribution in [2.75, 3.05) is 4.72 Å². The number of aryl methyl sites for hydroxylation is 2. The highest BCUT2D eigenvalue weighted by atomic mass is 32.2. The second kappa shape index (κ2) is 6.28. The highest BCUT2D eigenvalue weighted by Gasteiger charge is 2.12. The van der Waals surface area contributed by atoms with Gasteiger partial charge in [-0.3, -0.25) is 4.72 Å². The number of anilines is 1. The first kappa shape index (κ1) is 15.5. The molecule has 0 radical (unpaired) electrons. The molecule has 0 amide bonds. The average molecular weight is 304 g/mol. The maximum atomic E-state index is 12.2. The fourth-order valence-corrected chi connectivity index (χ4v) is 3.48. The van der Waals surface area contributed by atoms with Crippen molar-refractivity contribution in [3.8, 4) is 0 Å². The van der Waals surface area contributed by atoms with Gasteiger partial charge >= 0.3 is 0 Å². The molecule has 0 aliphatic carbocycles. The second-order valence-corrected chi connectivity index (χ2v) is 6.98. The van der Waals surface area contributed by atoms with Crippen LogP contribution in [0.15, 0.2) is 42.5 Å². The summed E-state index contributed by atoms with van der Waals surface area (Å²) in [6, 6.07) is 13.0. The van der Waals surface area contributed by atoms with Crippen molar-refractivity contribution in [1.82, 2.24) is 0 Å². The first-order valence-electron chi connectivity index (χ1n) is 6.74. The molecule has 0 aliphatic rings. The van der Waals surface area contributed by atoms with Gasteiger partial charge in [0.15, 0.2) is 0 Å². The fourth-order valence-electron chi connectivity index (χ4n) is 2.32. The zero-order valence-corrected chi connectivity index (χ0v) is 13.1. The van der Waals surface area contributed by atoms with Crippen molar-refractivity contribution >= 4 is 15.7 Å². The summed E-state index contributed by atoms with van der Waals surface area (Å²) in [7, 11) is -3.44. The highest BCUT2D eigenvalue weighted by molar-refractivity contribution is 7.91. The lowest BCUT2D eigenvalue weighted by Gasteiger charge is -2.10. The number of benzene rings is 2. The van der Waals surface area contributed by atoms with Gasteiger partial charge in [0.1, 0.15) is 0 Å². The standard InChI is InChI=1S/C16H20N2O2S/c1-12-6-13(2)8-16(7-12)18-21(19,20)11-15-5-3-4-14(9-15)10-17/h3-9,18H,10-11,17H2,1-2H3. The second-order valence-electron chi connectivity index (χ2n) is 5.26. The molecule has 0 aliphatic heterocycles. The van der Waals surface area contributed by atoms with Crippen LogP contribution in [0.3, 0.4) is 0 Å². The van der Waals surface area contributed by atoms with E-state index >= 15 is 0 Å². The molecule has 5 heteroatoms. The Kier molecular flexibility index (Phi) is 4.65. The third kappa shape index (κ3) is 4.58. The third-order valence-electron chi connectivity index (χ3n) is 3.08. The summed E-state index contributed by atoms with van der Waals surface area (Å²) in [5.41, 5.74) is 9.88. The molecule has 0 aromatic heterocycles. The van der Waals surface area contributed by atoms with E-state index in [0.29, 0.717) is 12.2 Å². The maximum absolute atomic E-state index is 12.2. The van der Waals surface area contributed by atoms with Crippen molar-refractivity contribution in [3.63, 3.8) is 0 Å². The van der Waals surface area contributed by atoms with E-state index in [9.17, 15) is 8.42 Å². The van der Waals surface area contributed by atoms with E-state index in [1.165, 1.54) is 0 Å². The molecule has 4 nitrogen and oxygen atoms in total. The predicted molar refractivity (Wildman–Crippen MR) is 86.5 cm³/mol. The third-order valence-corrected chi connectivity index (χ3v) is 4.34. The van der Waals surface area contributed by atoms with Gasteiger partial charge in [0.05, 0.1) is 5.75 Å². The predicted octanol–water partition coefficient (Wildman–Crippen LogP) is 2.70. The van der Waals surface area contributed by atoms with Crippen molar-refractivity contribution in [2.24, 2.45) is 5.73 Å². The summed E-state index contributed by atoms with van der Waals surface area (Å²) in [5.74, 6) is -0.0617. The molecule has 0 saturated heterocycles. The summed E-state index contributed by atoms with van der Waals surface area (Å²) in [6.07, 6.45) is 0. The molecular formula is C16H20N2O2S. The van der Waals surface area contributed by atoms with Gasteiger partial charge in [-0.05, 0) is 48.2 Å². The van der Waals surface area contributed by atoms with Crippen molar-refractivity contribution in [3.05, 3.63) is 64.7 Å². The van der Waals surface area contributed by atoms with Crippen LogP contribution in [0.4, 0.5) is 5.69 Å². The van der Waals surface area contributed by atoms with Crippen LogP contribution in [0, 0.1) is 13.8 Å². The zero-order valence-electron chi connectivity index (χ0n) is 12.3. The van der Waals surface area contributed by atoms with Gasteiger partial charge in [0.25, 0.3) is 0 Å². The van der Waals surface area contributed by atoms with E-state index in [0.717, 1.165) is 22.3 Å². The number of hydrogen-bond acceptors (Lipinski definition) is 3. The molecule has 2 aromatic carbocycles. The van der Waals surface area contributed by atoms with E-state index in [1.807, 2.05) is 50.2 Å². The number of sulfonamides is 1. The van der Waals surface area contributed by atoms with Gasteiger partial charge < -0.3 is 5.73 Å². The van der Waals surface area contributed by atoms with Gasteiger partial charge in [-0.1, -0.05) is 30.3 Å². The molecule has 0 spiro atoms. The zero-order chi connectivity index (χ0) is 15.5. The Labute approximate surface area is 126 Å². The SMILES string of the molecule is Cc1cc(C)cc(NS(=O)(=O)Cc2cccc(CN)c2)c1. The molecule has 0 unspecified atom stereocenters. The van der Waals surface area contributed by atoms with Gasteiger partial charge in [0, 0.05) is 12.2 Å². The summed E-state index contributed by atoms with van der Waals surface area (Å²) >= 11 is 0. The summed E-state index contributed by atoms with van der Waals surface area (Å²) in [4.78, 5) is 0. The molecule has 0 bridgehead atoms. The molecule has 3 N–H and O–H groups in total. The van der Waals surface area contributed by atoms with E-state index < -0.39 is 10.0 Å². The quantitative estimate of drug-likeness (QED) is 0.892. The average Bonchev–Trinajstić information content (AvgIpc) is 2.36. The lowest BCUT2D eigenvalue weighted by atomic mass is 10.1. The molecule has 2 aromatic rings. The number of rotatable bonds is 5. The molecule has 0 fully saturated rings. The Bertz CT molecular complexity index is 719. The van der Waals surface area contributed by atoms with Crippen LogP contribution in [0.2, 0.25) is 0 Å². The van der Waals surface area contributed by atoms with E-state index in [4.69, 9.17) is 5.73 Å². The van der Waals surface area contributed by atoms with Crippen LogP contribution in [0.25, 0.3) is 0 Å². The van der Waals surface area contributed by atoms with Gasteiger partial charge in [-0.15, -0.1) is 0 Å². The molecule has 0 atom stereocenters. The van der Waals surface area contributed by atoms with Crippen LogP contribution < -0.4 is 10.5 Å². The summed E-state index contributed by atoms with van der Waals surface area (Å²) in [6.45, 7) is 4.28. The fraction of sp³-hybridized carbons (Fsp3) is 0.250. The highest BCUT2D eigenvalue weighted by Crippen LogP contribution is 2.17. The van der Waals surface area contributed by atoms with E-state index in [1.54, 1.807) is 6.07 Å². The minimum absolute atomic E-state index is 0.0617. The smallest absolute Gasteiger partial charge is 0.236 e. The Morgan fingerprint density at radius 1 is 1.00 bits per heavy atom. The van der Waals surface area contributed by atoms with Crippen LogP contribution in [-0.4, -0.2) is 8.42 Å². The van der Waals surface area contributed by atoms with Gasteiger partial charge in [-0.25, -0.2) is 8.42 Å². The van der Waals surface area contributed by atoms with Crippen molar-refractivity contribution in [1.29, 1.82) is 0 Å². The Morgan fingerprint density at radius 3 is 2.24 bits per heavy atom. The monoisotopic (exact) mass is 304 g/mol. The first-order valence-corrected chi connectivity index (χ1v) is 8.40. The largest absolute Gasteiger partial charge is 0.326 e. The van der Waals surface area contributed by atoms with Gasteiger partial charge in [-0.2, -0.15) is 0 Å². The lowest BCUT2D eigenvalue weighted by Crippen LogP contribution is -2.15. The van der Waals surface area contributed by atoms with E-state index in [2.05, 4.69) is 4.72 Å². The molecule has 112 valence electrons. The number of nitrogens with one attached hydrogen (secondary N) is 1. The Morgan fingerprint density at radius 2 is 1.62 bits per heavy atom. The molecular weight excluding hydrogens is 284 g/mol. The summed E-state index contributed by atoms with van der Waals surface area (Å²) < 4.78 is 27.1. The first-order chi connectivity index (χ1) is 9.88. The molecule has 21 heavy (non-hydrogen) atoms. The van der Waals surface area contributed by atoms with Crippen LogP contribution >= 0.6 is 0 Å². The minimum Gasteiger partial charge on any atom is -0.326 e. The molecule has 0 saturated carbocycles.